The topological polar surface area (TPSA) is 92.2 Å². The molecule has 1 unspecified atom stereocenters. The zero-order chi connectivity index (χ0) is 19.7. The lowest BCUT2D eigenvalue weighted by molar-refractivity contribution is 0.0949. The first-order valence-corrected chi connectivity index (χ1v) is 9.24. The van der Waals surface area contributed by atoms with Gasteiger partial charge in [0.25, 0.3) is 11.5 Å². The molecule has 7 heteroatoms. The Morgan fingerprint density at radius 1 is 1.18 bits per heavy atom. The molecule has 0 aliphatic heterocycles. The third-order valence-electron chi connectivity index (χ3n) is 4.86. The second-order valence-corrected chi connectivity index (χ2v) is 7.19. The molecular weight excluding hydrogens is 380 g/mol. The molecule has 1 aliphatic carbocycles. The predicted molar refractivity (Wildman–Crippen MR) is 104 cm³/mol. The summed E-state index contributed by atoms with van der Waals surface area (Å²) in [5, 5.41) is 3.30. The zero-order valence-corrected chi connectivity index (χ0v) is 15.6. The minimum Gasteiger partial charge on any atom is -0.469 e. The number of nitrogens with one attached hydrogen (secondary N) is 2. The number of Topliss-reactive ketones (excluding diaryl/α,β-unsaturated/α-hetero) is 1. The largest absolute Gasteiger partial charge is 0.469 e. The second kappa shape index (κ2) is 7.48. The number of halogens is 1. The van der Waals surface area contributed by atoms with Gasteiger partial charge in [-0.3, -0.25) is 14.4 Å². The number of rotatable bonds is 4. The highest BCUT2D eigenvalue weighted by Crippen LogP contribution is 2.31. The maximum Gasteiger partial charge on any atom is 0.261 e. The molecule has 0 bridgehead atoms. The fraction of sp³-hybridized carbons (Fsp3) is 0.190. The van der Waals surface area contributed by atoms with E-state index >= 15 is 0 Å². The molecule has 1 aliphatic rings. The maximum atomic E-state index is 12.6. The van der Waals surface area contributed by atoms with Crippen LogP contribution in [0, 0.1) is 0 Å². The summed E-state index contributed by atoms with van der Waals surface area (Å²) < 4.78 is 5.39. The van der Waals surface area contributed by atoms with Crippen LogP contribution in [0.25, 0.3) is 0 Å². The highest BCUT2D eigenvalue weighted by Gasteiger charge is 2.30. The van der Waals surface area contributed by atoms with Gasteiger partial charge in [0.2, 0.25) is 0 Å². The number of ketones is 1. The zero-order valence-electron chi connectivity index (χ0n) is 14.8. The van der Waals surface area contributed by atoms with Crippen molar-refractivity contribution < 1.29 is 14.0 Å². The summed E-state index contributed by atoms with van der Waals surface area (Å²) in [6.07, 6.45) is 2.32. The number of benzene rings is 1. The Morgan fingerprint density at radius 3 is 2.68 bits per heavy atom. The molecule has 0 saturated heterocycles. The lowest BCUT2D eigenvalue weighted by atomic mass is 9.84. The fourth-order valence-electron chi connectivity index (χ4n) is 3.40. The summed E-state index contributed by atoms with van der Waals surface area (Å²) >= 11 is 5.84. The van der Waals surface area contributed by atoms with E-state index in [0.717, 1.165) is 5.56 Å². The van der Waals surface area contributed by atoms with Crippen LogP contribution in [0.4, 0.5) is 0 Å². The third-order valence-corrected chi connectivity index (χ3v) is 5.11. The van der Waals surface area contributed by atoms with Crippen molar-refractivity contribution in [3.05, 3.63) is 92.2 Å². The van der Waals surface area contributed by atoms with E-state index in [1.54, 1.807) is 36.6 Å². The average molecular weight is 397 g/mol. The summed E-state index contributed by atoms with van der Waals surface area (Å²) in [6, 6.07) is 12.0. The van der Waals surface area contributed by atoms with Gasteiger partial charge in [0.15, 0.2) is 5.78 Å². The summed E-state index contributed by atoms with van der Waals surface area (Å²) in [7, 11) is 0. The van der Waals surface area contributed by atoms with Crippen molar-refractivity contribution in [3.63, 3.8) is 0 Å². The van der Waals surface area contributed by atoms with E-state index in [-0.39, 0.29) is 30.2 Å². The van der Waals surface area contributed by atoms with Crippen molar-refractivity contribution in [1.82, 2.24) is 10.3 Å². The Balaban J connectivity index is 1.54. The molecule has 6 nitrogen and oxygen atoms in total. The number of amides is 1. The van der Waals surface area contributed by atoms with Crippen LogP contribution in [-0.4, -0.2) is 16.7 Å². The van der Waals surface area contributed by atoms with Gasteiger partial charge in [0, 0.05) is 35.2 Å². The van der Waals surface area contributed by atoms with Crippen LogP contribution in [0.3, 0.4) is 0 Å². The molecule has 2 aromatic heterocycles. The lowest BCUT2D eigenvalue weighted by Gasteiger charge is -2.22. The Labute approximate surface area is 165 Å². The van der Waals surface area contributed by atoms with Crippen molar-refractivity contribution in [3.8, 4) is 0 Å². The van der Waals surface area contributed by atoms with Gasteiger partial charge in [-0.15, -0.1) is 0 Å². The maximum absolute atomic E-state index is 12.6. The molecule has 1 amide bonds. The molecule has 28 heavy (non-hydrogen) atoms. The number of aromatic amines is 1. The van der Waals surface area contributed by atoms with Crippen molar-refractivity contribution in [1.29, 1.82) is 0 Å². The van der Waals surface area contributed by atoms with Crippen LogP contribution in [0.15, 0.2) is 57.9 Å². The molecule has 1 aromatic carbocycles. The monoisotopic (exact) mass is 396 g/mol. The summed E-state index contributed by atoms with van der Waals surface area (Å²) in [5.41, 5.74) is 1.19. The standard InChI is InChI=1S/C21H17ClN2O4/c22-14-5-3-12(4-6-14)11-23-20(26)16-10-15-17(24-21(16)27)8-13(9-18(15)25)19-2-1-7-28-19/h1-7,10,13H,8-9,11H2,(H,23,26)(H,24,27). The van der Waals surface area contributed by atoms with Gasteiger partial charge in [-0.05, 0) is 42.3 Å². The Hall–Kier alpha value is -3.12. The van der Waals surface area contributed by atoms with Crippen molar-refractivity contribution in [2.24, 2.45) is 0 Å². The number of hydrogen-bond donors (Lipinski definition) is 2. The number of furan rings is 1. The van der Waals surface area contributed by atoms with Gasteiger partial charge >= 0.3 is 0 Å². The second-order valence-electron chi connectivity index (χ2n) is 6.76. The van der Waals surface area contributed by atoms with Gasteiger partial charge in [0.05, 0.1) is 6.26 Å². The van der Waals surface area contributed by atoms with Crippen molar-refractivity contribution in [2.75, 3.05) is 0 Å². The van der Waals surface area contributed by atoms with E-state index < -0.39 is 11.5 Å². The van der Waals surface area contributed by atoms with E-state index in [0.29, 0.717) is 28.5 Å². The first-order valence-electron chi connectivity index (χ1n) is 8.86. The van der Waals surface area contributed by atoms with E-state index in [1.807, 2.05) is 6.07 Å². The highest BCUT2D eigenvalue weighted by atomic mass is 35.5. The van der Waals surface area contributed by atoms with E-state index in [1.165, 1.54) is 6.07 Å². The molecule has 0 fully saturated rings. The third kappa shape index (κ3) is 3.64. The molecular formula is C21H17ClN2O4. The highest BCUT2D eigenvalue weighted by molar-refractivity contribution is 6.30. The molecule has 1 atom stereocenters. The van der Waals surface area contributed by atoms with Crippen LogP contribution in [-0.2, 0) is 13.0 Å². The number of carbonyl (C=O) groups excluding carboxylic acids is 2. The van der Waals surface area contributed by atoms with Gasteiger partial charge in [-0.1, -0.05) is 23.7 Å². The fourth-order valence-corrected chi connectivity index (χ4v) is 3.53. The molecule has 2 N–H and O–H groups in total. The molecule has 0 radical (unpaired) electrons. The molecule has 142 valence electrons. The van der Waals surface area contributed by atoms with Gasteiger partial charge < -0.3 is 14.7 Å². The normalized spacial score (nSPS) is 15.9. The number of fused-ring (bicyclic) bond motifs is 1. The summed E-state index contributed by atoms with van der Waals surface area (Å²) in [4.78, 5) is 40.2. The molecule has 2 heterocycles. The Kier molecular flexibility index (Phi) is 4.88. The van der Waals surface area contributed by atoms with E-state index in [2.05, 4.69) is 10.3 Å². The van der Waals surface area contributed by atoms with Gasteiger partial charge in [-0.2, -0.15) is 0 Å². The summed E-state index contributed by atoms with van der Waals surface area (Å²) in [5.74, 6) is -0.0505. The van der Waals surface area contributed by atoms with Crippen LogP contribution < -0.4 is 10.9 Å². The smallest absolute Gasteiger partial charge is 0.261 e. The minimum atomic E-state index is -0.528. The Morgan fingerprint density at radius 2 is 1.96 bits per heavy atom. The average Bonchev–Trinajstić information content (AvgIpc) is 3.21. The minimum absolute atomic E-state index is 0.0717. The van der Waals surface area contributed by atoms with Crippen LogP contribution in [0.5, 0.6) is 0 Å². The van der Waals surface area contributed by atoms with Crippen molar-refractivity contribution in [2.45, 2.75) is 25.3 Å². The first-order chi connectivity index (χ1) is 13.5. The summed E-state index contributed by atoms with van der Waals surface area (Å²) in [6.45, 7) is 0.251. The van der Waals surface area contributed by atoms with Crippen LogP contribution in [0.1, 0.15) is 50.1 Å². The van der Waals surface area contributed by atoms with Gasteiger partial charge in [0.1, 0.15) is 11.3 Å². The van der Waals surface area contributed by atoms with Crippen LogP contribution >= 0.6 is 11.6 Å². The quantitative estimate of drug-likeness (QED) is 0.706. The lowest BCUT2D eigenvalue weighted by Crippen LogP contribution is -2.32. The number of hydrogen-bond acceptors (Lipinski definition) is 4. The van der Waals surface area contributed by atoms with Gasteiger partial charge in [-0.25, -0.2) is 0 Å². The van der Waals surface area contributed by atoms with Crippen LogP contribution in [0.2, 0.25) is 5.02 Å². The van der Waals surface area contributed by atoms with Crippen molar-refractivity contribution >= 4 is 23.3 Å². The number of aromatic nitrogens is 1. The number of carbonyl (C=O) groups is 2. The molecule has 3 aromatic rings. The van der Waals surface area contributed by atoms with E-state index in [9.17, 15) is 14.4 Å². The first kappa shape index (κ1) is 18.3. The molecule has 0 saturated carbocycles. The molecule has 0 spiro atoms. The Bertz CT molecular complexity index is 1080. The van der Waals surface area contributed by atoms with E-state index in [4.69, 9.17) is 16.0 Å². The predicted octanol–water partition coefficient (Wildman–Crippen LogP) is 3.46. The SMILES string of the molecule is O=C1CC(c2ccco2)Cc2[nH]c(=O)c(C(=O)NCc3ccc(Cl)cc3)cc21. The number of pyridine rings is 1. The number of H-pyrrole nitrogens is 1. The molecule has 4 rings (SSSR count).